The van der Waals surface area contributed by atoms with E-state index in [4.69, 9.17) is 9.47 Å². The predicted octanol–water partition coefficient (Wildman–Crippen LogP) is 3.73. The van der Waals surface area contributed by atoms with Crippen molar-refractivity contribution in [2.75, 3.05) is 19.5 Å². The van der Waals surface area contributed by atoms with E-state index in [-0.39, 0.29) is 12.1 Å². The molecular formula is C23H25N5O4S. The molecule has 4 rings (SSSR count). The van der Waals surface area contributed by atoms with Crippen LogP contribution < -0.4 is 20.3 Å². The van der Waals surface area contributed by atoms with E-state index in [9.17, 15) is 9.59 Å². The van der Waals surface area contributed by atoms with Gasteiger partial charge in [0.1, 0.15) is 29.3 Å². The first-order valence-corrected chi connectivity index (χ1v) is 11.2. The molecule has 3 aromatic heterocycles. The number of hydrogen-bond donors (Lipinski definition) is 1. The number of nitrogens with one attached hydrogen (secondary N) is 1. The number of benzene rings is 1. The normalized spacial score (nSPS) is 11.5. The van der Waals surface area contributed by atoms with Crippen LogP contribution in [0.4, 0.5) is 5.69 Å². The molecule has 0 unspecified atom stereocenters. The minimum Gasteiger partial charge on any atom is -0.497 e. The number of thiophene rings is 1. The zero-order chi connectivity index (χ0) is 23.8. The lowest BCUT2D eigenvalue weighted by molar-refractivity contribution is -0.117. The van der Waals surface area contributed by atoms with Gasteiger partial charge < -0.3 is 14.8 Å². The van der Waals surface area contributed by atoms with Gasteiger partial charge in [-0.25, -0.2) is 4.68 Å². The van der Waals surface area contributed by atoms with Crippen molar-refractivity contribution in [1.82, 2.24) is 19.6 Å². The van der Waals surface area contributed by atoms with Gasteiger partial charge in [-0.2, -0.15) is 10.2 Å². The third kappa shape index (κ3) is 4.34. The number of carbonyl (C=O) groups excluding carboxylic acids is 1. The molecule has 0 saturated heterocycles. The molecule has 4 aromatic rings. The number of fused-ring (bicyclic) bond motifs is 1. The van der Waals surface area contributed by atoms with E-state index in [0.29, 0.717) is 33.8 Å². The Morgan fingerprint density at radius 2 is 1.97 bits per heavy atom. The molecule has 10 heteroatoms. The third-order valence-electron chi connectivity index (χ3n) is 5.05. The molecule has 0 bridgehead atoms. The van der Waals surface area contributed by atoms with Crippen molar-refractivity contribution in [2.45, 2.75) is 32.9 Å². The molecule has 0 aliphatic rings. The Labute approximate surface area is 194 Å². The molecule has 1 amide bonds. The molecule has 0 spiro atoms. The summed E-state index contributed by atoms with van der Waals surface area (Å²) in [6, 6.07) is 8.91. The van der Waals surface area contributed by atoms with E-state index in [0.717, 1.165) is 4.88 Å². The topological polar surface area (TPSA) is 100 Å². The SMILES string of the molecule is COc1ccc(NC(=O)Cn2nc(-c3cccs3)c3cnn(C(C)(C)C)c3c2=O)c(OC)c1. The number of nitrogens with zero attached hydrogens (tertiary/aromatic N) is 4. The van der Waals surface area contributed by atoms with Crippen molar-refractivity contribution < 1.29 is 14.3 Å². The summed E-state index contributed by atoms with van der Waals surface area (Å²) in [7, 11) is 3.06. The van der Waals surface area contributed by atoms with Crippen molar-refractivity contribution in [3.05, 3.63) is 52.3 Å². The Morgan fingerprint density at radius 1 is 1.18 bits per heavy atom. The van der Waals surface area contributed by atoms with E-state index < -0.39 is 11.4 Å². The van der Waals surface area contributed by atoms with E-state index >= 15 is 0 Å². The first kappa shape index (κ1) is 22.5. The summed E-state index contributed by atoms with van der Waals surface area (Å²) in [6.45, 7) is 5.64. The minimum atomic E-state index is -0.425. The monoisotopic (exact) mass is 467 g/mol. The molecule has 0 atom stereocenters. The van der Waals surface area contributed by atoms with Crippen LogP contribution in [0.15, 0.2) is 46.7 Å². The highest BCUT2D eigenvalue weighted by Crippen LogP contribution is 2.31. The van der Waals surface area contributed by atoms with Gasteiger partial charge in [0.25, 0.3) is 5.56 Å². The van der Waals surface area contributed by atoms with Crippen molar-refractivity contribution in [3.63, 3.8) is 0 Å². The molecule has 0 saturated carbocycles. The molecule has 0 radical (unpaired) electrons. The highest BCUT2D eigenvalue weighted by atomic mass is 32.1. The van der Waals surface area contributed by atoms with Crippen molar-refractivity contribution in [3.8, 4) is 22.1 Å². The van der Waals surface area contributed by atoms with Crippen LogP contribution in [0.3, 0.4) is 0 Å². The fraction of sp³-hybridized carbons (Fsp3) is 0.304. The van der Waals surface area contributed by atoms with Crippen molar-refractivity contribution >= 4 is 33.8 Å². The maximum absolute atomic E-state index is 13.4. The maximum Gasteiger partial charge on any atom is 0.293 e. The van der Waals surface area contributed by atoms with Crippen LogP contribution in [0.2, 0.25) is 0 Å². The molecule has 33 heavy (non-hydrogen) atoms. The molecule has 0 fully saturated rings. The lowest BCUT2D eigenvalue weighted by Crippen LogP contribution is -2.33. The van der Waals surface area contributed by atoms with Crippen LogP contribution in [-0.2, 0) is 16.9 Å². The minimum absolute atomic E-state index is 0.266. The first-order chi connectivity index (χ1) is 15.7. The first-order valence-electron chi connectivity index (χ1n) is 10.3. The second kappa shape index (κ2) is 8.70. The fourth-order valence-electron chi connectivity index (χ4n) is 3.51. The average molecular weight is 468 g/mol. The lowest BCUT2D eigenvalue weighted by atomic mass is 10.1. The summed E-state index contributed by atoms with van der Waals surface area (Å²) < 4.78 is 13.4. The smallest absolute Gasteiger partial charge is 0.293 e. The molecule has 1 N–H and O–H groups in total. The van der Waals surface area contributed by atoms with Gasteiger partial charge in [-0.1, -0.05) is 6.07 Å². The van der Waals surface area contributed by atoms with Crippen LogP contribution in [0.1, 0.15) is 20.8 Å². The Kier molecular flexibility index (Phi) is 5.94. The predicted molar refractivity (Wildman–Crippen MR) is 128 cm³/mol. The molecule has 0 aliphatic heterocycles. The van der Waals surface area contributed by atoms with Crippen molar-refractivity contribution in [2.24, 2.45) is 0 Å². The van der Waals surface area contributed by atoms with Crippen LogP contribution in [0.25, 0.3) is 21.5 Å². The zero-order valence-corrected chi connectivity index (χ0v) is 19.9. The third-order valence-corrected chi connectivity index (χ3v) is 5.92. The number of amides is 1. The highest BCUT2D eigenvalue weighted by molar-refractivity contribution is 7.13. The summed E-state index contributed by atoms with van der Waals surface area (Å²) in [5.74, 6) is 0.638. The molecule has 3 heterocycles. The number of rotatable bonds is 6. The number of ether oxygens (including phenoxy) is 2. The van der Waals surface area contributed by atoms with Gasteiger partial charge in [-0.3, -0.25) is 14.3 Å². The van der Waals surface area contributed by atoms with Gasteiger partial charge in [0.15, 0.2) is 0 Å². The summed E-state index contributed by atoms with van der Waals surface area (Å²) in [5.41, 5.74) is 0.691. The zero-order valence-electron chi connectivity index (χ0n) is 19.1. The van der Waals surface area contributed by atoms with Crippen LogP contribution in [0.5, 0.6) is 11.5 Å². The van der Waals surface area contributed by atoms with E-state index in [1.54, 1.807) is 36.2 Å². The van der Waals surface area contributed by atoms with Gasteiger partial charge in [-0.05, 0) is 44.4 Å². The largest absolute Gasteiger partial charge is 0.497 e. The Morgan fingerprint density at radius 3 is 2.61 bits per heavy atom. The van der Waals surface area contributed by atoms with Crippen molar-refractivity contribution in [1.29, 1.82) is 0 Å². The van der Waals surface area contributed by atoms with Gasteiger partial charge >= 0.3 is 0 Å². The molecule has 9 nitrogen and oxygen atoms in total. The molecular weight excluding hydrogens is 442 g/mol. The Bertz CT molecular complexity index is 1370. The number of methoxy groups -OCH3 is 2. The Hall–Kier alpha value is -3.66. The van der Waals surface area contributed by atoms with E-state index in [1.165, 1.54) is 23.1 Å². The highest BCUT2D eigenvalue weighted by Gasteiger charge is 2.24. The number of hydrogen-bond acceptors (Lipinski definition) is 7. The average Bonchev–Trinajstić information content (AvgIpc) is 3.46. The van der Waals surface area contributed by atoms with Gasteiger partial charge in [0.2, 0.25) is 5.91 Å². The second-order valence-corrected chi connectivity index (χ2v) is 9.34. The molecule has 172 valence electrons. The standard InChI is InChI=1S/C23H25N5O4S/c1-23(2,3)28-21-15(12-24-28)20(18-7-6-10-33-18)26-27(22(21)30)13-19(29)25-16-9-8-14(31-4)11-17(16)32-5/h6-12H,13H2,1-5H3,(H,25,29). The van der Waals surface area contributed by atoms with E-state index in [1.807, 2.05) is 38.3 Å². The fourth-order valence-corrected chi connectivity index (χ4v) is 4.23. The van der Waals surface area contributed by atoms with E-state index in [2.05, 4.69) is 15.5 Å². The summed E-state index contributed by atoms with van der Waals surface area (Å²) in [4.78, 5) is 27.2. The van der Waals surface area contributed by atoms with Crippen LogP contribution in [0, 0.1) is 0 Å². The Balaban J connectivity index is 1.76. The van der Waals surface area contributed by atoms with Gasteiger partial charge in [0.05, 0.1) is 41.9 Å². The summed E-state index contributed by atoms with van der Waals surface area (Å²) in [6.07, 6.45) is 1.66. The van der Waals surface area contributed by atoms with Gasteiger partial charge in [-0.15, -0.1) is 11.3 Å². The van der Waals surface area contributed by atoms with Gasteiger partial charge in [0, 0.05) is 6.07 Å². The number of carbonyl (C=O) groups is 1. The molecule has 0 aliphatic carbocycles. The number of aromatic nitrogens is 4. The van der Waals surface area contributed by atoms with Crippen LogP contribution in [-0.4, -0.2) is 39.7 Å². The lowest BCUT2D eigenvalue weighted by Gasteiger charge is -2.20. The number of anilines is 1. The quantitative estimate of drug-likeness (QED) is 0.464. The summed E-state index contributed by atoms with van der Waals surface area (Å²) >= 11 is 1.51. The molecule has 1 aromatic carbocycles. The maximum atomic E-state index is 13.4. The van der Waals surface area contributed by atoms with Crippen LogP contribution >= 0.6 is 11.3 Å². The summed E-state index contributed by atoms with van der Waals surface area (Å²) in [5, 5.41) is 14.4. The second-order valence-electron chi connectivity index (χ2n) is 8.39.